The highest BCUT2D eigenvalue weighted by Gasteiger charge is 2.39. The van der Waals surface area contributed by atoms with Crippen LogP contribution in [-0.2, 0) is 4.79 Å². The van der Waals surface area contributed by atoms with E-state index in [0.717, 1.165) is 6.54 Å². The summed E-state index contributed by atoms with van der Waals surface area (Å²) >= 11 is 0. The Kier molecular flexibility index (Phi) is 3.29. The summed E-state index contributed by atoms with van der Waals surface area (Å²) in [5.41, 5.74) is 0.642. The predicted octanol–water partition coefficient (Wildman–Crippen LogP) is 1.39. The maximum absolute atomic E-state index is 11.1. The summed E-state index contributed by atoms with van der Waals surface area (Å²) in [5.74, 6) is 0.169. The van der Waals surface area contributed by atoms with Crippen molar-refractivity contribution in [2.45, 2.75) is 38.5 Å². The van der Waals surface area contributed by atoms with Gasteiger partial charge in [0.15, 0.2) is 0 Å². The molecule has 1 N–H and O–H groups in total. The van der Waals surface area contributed by atoms with E-state index in [0.29, 0.717) is 11.8 Å². The van der Waals surface area contributed by atoms with Crippen LogP contribution in [-0.4, -0.2) is 37.5 Å². The molecule has 1 spiro atoms. The van der Waals surface area contributed by atoms with Gasteiger partial charge in [-0.2, -0.15) is 0 Å². The molecule has 1 heterocycles. The van der Waals surface area contributed by atoms with Crippen LogP contribution in [0.3, 0.4) is 0 Å². The van der Waals surface area contributed by atoms with Crippen molar-refractivity contribution < 1.29 is 4.79 Å². The van der Waals surface area contributed by atoms with Gasteiger partial charge in [0.05, 0.1) is 0 Å². The maximum atomic E-state index is 11.1. The maximum Gasteiger partial charge on any atom is 0.221 e. The lowest BCUT2D eigenvalue weighted by molar-refractivity contribution is -0.120. The van der Waals surface area contributed by atoms with Gasteiger partial charge in [0.2, 0.25) is 5.91 Å². The molecule has 15 heavy (non-hydrogen) atoms. The molecule has 2 fully saturated rings. The van der Waals surface area contributed by atoms with Crippen LogP contribution in [0, 0.1) is 5.41 Å². The Morgan fingerprint density at radius 3 is 2.73 bits per heavy atom. The number of hydrogen-bond acceptors (Lipinski definition) is 2. The molecule has 0 radical (unpaired) electrons. The lowest BCUT2D eigenvalue weighted by Crippen LogP contribution is -2.29. The van der Waals surface area contributed by atoms with E-state index < -0.39 is 0 Å². The SMILES string of the molecule is CNC(=O)CCN1CCC2(CCCC2)C1. The largest absolute Gasteiger partial charge is 0.359 e. The predicted molar refractivity (Wildman–Crippen MR) is 60.6 cm³/mol. The van der Waals surface area contributed by atoms with Crippen molar-refractivity contribution in [1.29, 1.82) is 0 Å². The molecular formula is C12H22N2O. The van der Waals surface area contributed by atoms with Crippen molar-refractivity contribution in [1.82, 2.24) is 10.2 Å². The van der Waals surface area contributed by atoms with Crippen molar-refractivity contribution >= 4 is 5.91 Å². The fraction of sp³-hybridized carbons (Fsp3) is 0.917. The molecule has 1 aliphatic heterocycles. The second-order valence-corrected chi connectivity index (χ2v) is 5.16. The minimum atomic E-state index is 0.169. The van der Waals surface area contributed by atoms with Gasteiger partial charge in [0.25, 0.3) is 0 Å². The fourth-order valence-electron chi connectivity index (χ4n) is 3.14. The highest BCUT2D eigenvalue weighted by atomic mass is 16.1. The molecule has 2 rings (SSSR count). The minimum absolute atomic E-state index is 0.169. The third-order valence-electron chi connectivity index (χ3n) is 4.12. The minimum Gasteiger partial charge on any atom is -0.359 e. The Morgan fingerprint density at radius 1 is 1.33 bits per heavy atom. The zero-order valence-corrected chi connectivity index (χ0v) is 9.72. The van der Waals surface area contributed by atoms with Gasteiger partial charge in [-0.15, -0.1) is 0 Å². The number of nitrogens with one attached hydrogen (secondary N) is 1. The average molecular weight is 210 g/mol. The van der Waals surface area contributed by atoms with Gasteiger partial charge in [-0.3, -0.25) is 4.79 Å². The van der Waals surface area contributed by atoms with Crippen LogP contribution in [0.2, 0.25) is 0 Å². The summed E-state index contributed by atoms with van der Waals surface area (Å²) < 4.78 is 0. The summed E-state index contributed by atoms with van der Waals surface area (Å²) in [5, 5.41) is 2.68. The summed E-state index contributed by atoms with van der Waals surface area (Å²) in [6.07, 6.45) is 7.70. The highest BCUT2D eigenvalue weighted by molar-refractivity contribution is 5.75. The van der Waals surface area contributed by atoms with Gasteiger partial charge in [-0.25, -0.2) is 0 Å². The number of amides is 1. The molecular weight excluding hydrogens is 188 g/mol. The molecule has 0 aromatic carbocycles. The lowest BCUT2D eigenvalue weighted by atomic mass is 9.86. The van der Waals surface area contributed by atoms with E-state index in [1.54, 1.807) is 7.05 Å². The molecule has 0 atom stereocenters. The Bertz CT molecular complexity index is 234. The molecule has 3 nitrogen and oxygen atoms in total. The zero-order valence-electron chi connectivity index (χ0n) is 9.72. The molecule has 1 saturated carbocycles. The second kappa shape index (κ2) is 4.52. The summed E-state index contributed by atoms with van der Waals surface area (Å²) in [7, 11) is 1.71. The van der Waals surface area contributed by atoms with Crippen LogP contribution in [0.4, 0.5) is 0 Å². The quantitative estimate of drug-likeness (QED) is 0.763. The number of rotatable bonds is 3. The Morgan fingerprint density at radius 2 is 2.07 bits per heavy atom. The van der Waals surface area contributed by atoms with E-state index in [1.807, 2.05) is 0 Å². The van der Waals surface area contributed by atoms with E-state index in [4.69, 9.17) is 0 Å². The van der Waals surface area contributed by atoms with Crippen molar-refractivity contribution in [2.75, 3.05) is 26.7 Å². The lowest BCUT2D eigenvalue weighted by Gasteiger charge is -2.23. The van der Waals surface area contributed by atoms with Crippen molar-refractivity contribution in [3.8, 4) is 0 Å². The van der Waals surface area contributed by atoms with Crippen molar-refractivity contribution in [3.05, 3.63) is 0 Å². The first-order chi connectivity index (χ1) is 7.24. The van der Waals surface area contributed by atoms with E-state index in [-0.39, 0.29) is 5.91 Å². The number of carbonyl (C=O) groups is 1. The molecule has 1 aliphatic carbocycles. The van der Waals surface area contributed by atoms with Gasteiger partial charge in [0, 0.05) is 26.6 Å². The first kappa shape index (κ1) is 10.9. The van der Waals surface area contributed by atoms with Gasteiger partial charge in [0.1, 0.15) is 0 Å². The topological polar surface area (TPSA) is 32.3 Å². The number of carbonyl (C=O) groups excluding carboxylic acids is 1. The molecule has 3 heteroatoms. The molecule has 0 aromatic rings. The van der Waals surface area contributed by atoms with Crippen LogP contribution < -0.4 is 5.32 Å². The van der Waals surface area contributed by atoms with Crippen molar-refractivity contribution in [2.24, 2.45) is 5.41 Å². The normalized spacial score (nSPS) is 24.9. The number of nitrogens with zero attached hydrogens (tertiary/aromatic N) is 1. The first-order valence-electron chi connectivity index (χ1n) is 6.17. The highest BCUT2D eigenvalue weighted by Crippen LogP contribution is 2.45. The number of hydrogen-bond donors (Lipinski definition) is 1. The van der Waals surface area contributed by atoms with Crippen LogP contribution in [0.5, 0.6) is 0 Å². The van der Waals surface area contributed by atoms with E-state index in [2.05, 4.69) is 10.2 Å². The average Bonchev–Trinajstić information content (AvgIpc) is 2.86. The molecule has 0 unspecified atom stereocenters. The van der Waals surface area contributed by atoms with Gasteiger partial charge >= 0.3 is 0 Å². The van der Waals surface area contributed by atoms with Crippen LogP contribution in [0.15, 0.2) is 0 Å². The third kappa shape index (κ3) is 2.51. The van der Waals surface area contributed by atoms with Gasteiger partial charge in [-0.1, -0.05) is 12.8 Å². The molecule has 0 bridgehead atoms. The Labute approximate surface area is 92.2 Å². The van der Waals surface area contributed by atoms with Gasteiger partial charge in [-0.05, 0) is 31.2 Å². The van der Waals surface area contributed by atoms with E-state index in [1.165, 1.54) is 45.2 Å². The zero-order chi connectivity index (χ0) is 10.7. The number of likely N-dealkylation sites (tertiary alicyclic amines) is 1. The molecule has 1 amide bonds. The monoisotopic (exact) mass is 210 g/mol. The van der Waals surface area contributed by atoms with Crippen LogP contribution >= 0.6 is 0 Å². The Balaban J connectivity index is 1.75. The molecule has 0 aromatic heterocycles. The fourth-order valence-corrected chi connectivity index (χ4v) is 3.14. The smallest absolute Gasteiger partial charge is 0.221 e. The molecule has 1 saturated heterocycles. The van der Waals surface area contributed by atoms with Crippen molar-refractivity contribution in [3.63, 3.8) is 0 Å². The first-order valence-corrected chi connectivity index (χ1v) is 6.17. The van der Waals surface area contributed by atoms with E-state index in [9.17, 15) is 4.79 Å². The molecule has 86 valence electrons. The second-order valence-electron chi connectivity index (χ2n) is 5.16. The van der Waals surface area contributed by atoms with Crippen LogP contribution in [0.1, 0.15) is 38.5 Å². The molecule has 2 aliphatic rings. The standard InChI is InChI=1S/C12H22N2O/c1-13-11(15)4-8-14-9-7-12(10-14)5-2-3-6-12/h2-10H2,1H3,(H,13,15). The van der Waals surface area contributed by atoms with Gasteiger partial charge < -0.3 is 10.2 Å². The Hall–Kier alpha value is -0.570. The third-order valence-corrected chi connectivity index (χ3v) is 4.12. The summed E-state index contributed by atoms with van der Waals surface area (Å²) in [4.78, 5) is 13.6. The summed E-state index contributed by atoms with van der Waals surface area (Å²) in [6.45, 7) is 3.39. The summed E-state index contributed by atoms with van der Waals surface area (Å²) in [6, 6.07) is 0. The van der Waals surface area contributed by atoms with E-state index >= 15 is 0 Å². The van der Waals surface area contributed by atoms with Crippen LogP contribution in [0.25, 0.3) is 0 Å².